The third kappa shape index (κ3) is 3.72. The molecule has 0 radical (unpaired) electrons. The Morgan fingerprint density at radius 2 is 2.21 bits per heavy atom. The Labute approximate surface area is 137 Å². The van der Waals surface area contributed by atoms with Gasteiger partial charge in [0, 0.05) is 24.7 Å². The zero-order chi connectivity index (χ0) is 16.8. The molecule has 0 atom stereocenters. The van der Waals surface area contributed by atoms with Crippen molar-refractivity contribution in [2.45, 2.75) is 6.42 Å². The summed E-state index contributed by atoms with van der Waals surface area (Å²) in [6.45, 7) is 0.373. The summed E-state index contributed by atoms with van der Waals surface area (Å²) in [5, 5.41) is 14.3. The molecule has 0 saturated carbocycles. The highest BCUT2D eigenvalue weighted by Crippen LogP contribution is 2.13. The van der Waals surface area contributed by atoms with Gasteiger partial charge in [0.25, 0.3) is 5.91 Å². The van der Waals surface area contributed by atoms with Crippen LogP contribution in [0, 0.1) is 0 Å². The van der Waals surface area contributed by atoms with Gasteiger partial charge in [0.15, 0.2) is 0 Å². The molecule has 8 heteroatoms. The number of nitrogens with one attached hydrogen (secondary N) is 1. The molecule has 122 valence electrons. The number of nitrogens with zero attached hydrogens (tertiary/aromatic N) is 4. The molecule has 1 N–H and O–H groups in total. The third-order valence-electron chi connectivity index (χ3n) is 3.23. The van der Waals surface area contributed by atoms with Crippen LogP contribution in [-0.2, 0) is 6.42 Å². The van der Waals surface area contributed by atoms with Crippen molar-refractivity contribution in [1.82, 2.24) is 25.7 Å². The highest BCUT2D eigenvalue weighted by molar-refractivity contribution is 5.94. The number of carbonyl (C=O) groups excluding carboxylic acids is 1. The van der Waals surface area contributed by atoms with Gasteiger partial charge in [-0.15, -0.1) is 5.10 Å². The van der Waals surface area contributed by atoms with Gasteiger partial charge in [-0.25, -0.2) is 0 Å². The van der Waals surface area contributed by atoms with Crippen LogP contribution in [0.25, 0.3) is 11.5 Å². The third-order valence-corrected chi connectivity index (χ3v) is 3.23. The molecule has 0 unspecified atom stereocenters. The van der Waals surface area contributed by atoms with Gasteiger partial charge in [-0.05, 0) is 30.3 Å². The first-order chi connectivity index (χ1) is 11.8. The zero-order valence-electron chi connectivity index (χ0n) is 13.0. The van der Waals surface area contributed by atoms with E-state index in [1.54, 1.807) is 49.7 Å². The number of hydrogen-bond acceptors (Lipinski definition) is 7. The van der Waals surface area contributed by atoms with Crippen LogP contribution in [0.15, 0.2) is 47.1 Å². The van der Waals surface area contributed by atoms with Crippen molar-refractivity contribution in [2.75, 3.05) is 13.7 Å². The number of aromatic nitrogens is 4. The maximum Gasteiger partial charge on any atom is 0.251 e. The average molecular weight is 325 g/mol. The molecule has 2 aromatic heterocycles. The molecular weight excluding hydrogens is 310 g/mol. The smallest absolute Gasteiger partial charge is 0.251 e. The Hall–Kier alpha value is -3.29. The number of rotatable bonds is 6. The van der Waals surface area contributed by atoms with Gasteiger partial charge in [0.05, 0.1) is 7.11 Å². The minimum absolute atomic E-state index is 0.192. The lowest BCUT2D eigenvalue weighted by atomic mass is 10.2. The molecule has 2 heterocycles. The van der Waals surface area contributed by atoms with E-state index in [0.29, 0.717) is 41.7 Å². The van der Waals surface area contributed by atoms with E-state index in [1.807, 2.05) is 0 Å². The van der Waals surface area contributed by atoms with Crippen molar-refractivity contribution in [3.05, 3.63) is 54.0 Å². The molecule has 24 heavy (non-hydrogen) atoms. The topological polar surface area (TPSA) is 103 Å². The molecule has 3 rings (SSSR count). The molecular formula is C16H15N5O3. The summed E-state index contributed by atoms with van der Waals surface area (Å²) in [5.74, 6) is 1.23. The van der Waals surface area contributed by atoms with Crippen LogP contribution >= 0.6 is 0 Å². The van der Waals surface area contributed by atoms with E-state index in [9.17, 15) is 4.79 Å². The summed E-state index contributed by atoms with van der Waals surface area (Å²) in [4.78, 5) is 16.3. The Bertz CT molecular complexity index is 819. The van der Waals surface area contributed by atoms with E-state index >= 15 is 0 Å². The maximum atomic E-state index is 12.1. The molecule has 8 nitrogen and oxygen atoms in total. The quantitative estimate of drug-likeness (QED) is 0.732. The number of methoxy groups -OCH3 is 1. The minimum atomic E-state index is -0.192. The van der Waals surface area contributed by atoms with Gasteiger partial charge in [-0.1, -0.05) is 11.2 Å². The molecule has 0 aliphatic carbocycles. The van der Waals surface area contributed by atoms with E-state index in [1.165, 1.54) is 0 Å². The van der Waals surface area contributed by atoms with Crippen LogP contribution in [0.5, 0.6) is 5.75 Å². The summed E-state index contributed by atoms with van der Waals surface area (Å²) in [5.41, 5.74) is 1.06. The molecule has 0 aliphatic rings. The highest BCUT2D eigenvalue weighted by atomic mass is 16.5. The Morgan fingerprint density at radius 3 is 3.00 bits per heavy atom. The van der Waals surface area contributed by atoms with Crippen LogP contribution in [-0.4, -0.2) is 39.9 Å². The molecule has 0 aliphatic heterocycles. The molecule has 0 bridgehead atoms. The highest BCUT2D eigenvalue weighted by Gasteiger charge is 2.11. The van der Waals surface area contributed by atoms with Crippen LogP contribution in [0.4, 0.5) is 0 Å². The Kier molecular flexibility index (Phi) is 4.76. The zero-order valence-corrected chi connectivity index (χ0v) is 13.0. The van der Waals surface area contributed by atoms with Gasteiger partial charge in [0.2, 0.25) is 11.7 Å². The van der Waals surface area contributed by atoms with Crippen molar-refractivity contribution >= 4 is 5.91 Å². The summed E-state index contributed by atoms with van der Waals surface area (Å²) >= 11 is 0. The average Bonchev–Trinajstić information content (AvgIpc) is 3.11. The van der Waals surface area contributed by atoms with Crippen molar-refractivity contribution in [3.8, 4) is 17.3 Å². The van der Waals surface area contributed by atoms with Crippen molar-refractivity contribution in [2.24, 2.45) is 0 Å². The fourth-order valence-corrected chi connectivity index (χ4v) is 2.03. The van der Waals surface area contributed by atoms with Crippen LogP contribution in [0.1, 0.15) is 16.2 Å². The predicted molar refractivity (Wildman–Crippen MR) is 84.4 cm³/mol. The van der Waals surface area contributed by atoms with Crippen molar-refractivity contribution in [3.63, 3.8) is 0 Å². The van der Waals surface area contributed by atoms with Crippen molar-refractivity contribution in [1.29, 1.82) is 0 Å². The number of carbonyl (C=O) groups is 1. The van der Waals surface area contributed by atoms with Crippen LogP contribution < -0.4 is 10.1 Å². The second-order valence-corrected chi connectivity index (χ2v) is 4.86. The molecule has 1 aromatic carbocycles. The first-order valence-corrected chi connectivity index (χ1v) is 7.29. The van der Waals surface area contributed by atoms with Crippen LogP contribution in [0.2, 0.25) is 0 Å². The fourth-order valence-electron chi connectivity index (χ4n) is 2.03. The van der Waals surface area contributed by atoms with Crippen molar-refractivity contribution < 1.29 is 14.1 Å². The van der Waals surface area contributed by atoms with E-state index in [4.69, 9.17) is 9.26 Å². The summed E-state index contributed by atoms with van der Waals surface area (Å²) < 4.78 is 10.2. The van der Waals surface area contributed by atoms with Gasteiger partial charge >= 0.3 is 0 Å². The predicted octanol–water partition coefficient (Wildman–Crippen LogP) is 1.51. The largest absolute Gasteiger partial charge is 0.497 e. The monoisotopic (exact) mass is 325 g/mol. The molecule has 0 fully saturated rings. The lowest BCUT2D eigenvalue weighted by molar-refractivity contribution is 0.0953. The molecule has 3 aromatic rings. The second kappa shape index (κ2) is 7.32. The van der Waals surface area contributed by atoms with E-state index in [2.05, 4.69) is 25.7 Å². The van der Waals surface area contributed by atoms with Gasteiger partial charge in [0.1, 0.15) is 11.4 Å². The van der Waals surface area contributed by atoms with Gasteiger partial charge in [-0.2, -0.15) is 10.1 Å². The second-order valence-electron chi connectivity index (χ2n) is 4.86. The normalized spacial score (nSPS) is 10.4. The number of benzene rings is 1. The summed E-state index contributed by atoms with van der Waals surface area (Å²) in [7, 11) is 1.56. The van der Waals surface area contributed by atoms with Gasteiger partial charge in [-0.3, -0.25) is 4.79 Å². The summed E-state index contributed by atoms with van der Waals surface area (Å²) in [6, 6.07) is 10.4. The number of ether oxygens (including phenoxy) is 1. The Balaban J connectivity index is 1.55. The van der Waals surface area contributed by atoms with E-state index in [0.717, 1.165) is 0 Å². The lowest BCUT2D eigenvalue weighted by Gasteiger charge is -2.05. The number of amides is 1. The molecule has 0 spiro atoms. The standard InChI is InChI=1S/C16H15N5O3/c1-23-12-5-2-4-11(10-12)16(22)17-9-7-14-19-15(21-24-14)13-6-3-8-18-20-13/h2-6,8,10H,7,9H2,1H3,(H,17,22). The molecule has 0 saturated heterocycles. The lowest BCUT2D eigenvalue weighted by Crippen LogP contribution is -2.25. The van der Waals surface area contributed by atoms with E-state index in [-0.39, 0.29) is 5.91 Å². The minimum Gasteiger partial charge on any atom is -0.497 e. The first kappa shape index (κ1) is 15.6. The SMILES string of the molecule is COc1cccc(C(=O)NCCc2nc(-c3cccnn3)no2)c1. The first-order valence-electron chi connectivity index (χ1n) is 7.29. The molecule has 1 amide bonds. The fraction of sp³-hybridized carbons (Fsp3) is 0.188. The van der Waals surface area contributed by atoms with E-state index < -0.39 is 0 Å². The maximum absolute atomic E-state index is 12.1. The number of hydrogen-bond donors (Lipinski definition) is 1. The van der Waals surface area contributed by atoms with Crippen LogP contribution in [0.3, 0.4) is 0 Å². The Morgan fingerprint density at radius 1 is 1.29 bits per heavy atom. The summed E-state index contributed by atoms with van der Waals surface area (Å²) in [6.07, 6.45) is 1.99. The van der Waals surface area contributed by atoms with Gasteiger partial charge < -0.3 is 14.6 Å².